The number of benzene rings is 1. The topological polar surface area (TPSA) is 81.1 Å². The summed E-state index contributed by atoms with van der Waals surface area (Å²) in [5.74, 6) is -1.46. The molecule has 2 aromatic rings. The van der Waals surface area contributed by atoms with Gasteiger partial charge >= 0.3 is 6.18 Å². The summed E-state index contributed by atoms with van der Waals surface area (Å²) in [5.41, 5.74) is -1.96. The molecule has 24 heavy (non-hydrogen) atoms. The third-order valence-electron chi connectivity index (χ3n) is 3.10. The Balaban J connectivity index is 2.05. The van der Waals surface area contributed by atoms with Gasteiger partial charge in [-0.25, -0.2) is 8.42 Å². The third-order valence-corrected chi connectivity index (χ3v) is 4.83. The van der Waals surface area contributed by atoms with E-state index in [0.29, 0.717) is 0 Å². The summed E-state index contributed by atoms with van der Waals surface area (Å²) < 4.78 is 63.3. The van der Waals surface area contributed by atoms with Gasteiger partial charge in [-0.05, 0) is 12.1 Å². The van der Waals surface area contributed by atoms with Crippen LogP contribution in [0, 0.1) is 0 Å². The van der Waals surface area contributed by atoms with Crippen LogP contribution in [0.3, 0.4) is 0 Å². The highest BCUT2D eigenvalue weighted by atomic mass is 32.2. The van der Waals surface area contributed by atoms with Gasteiger partial charge < -0.3 is 5.32 Å². The summed E-state index contributed by atoms with van der Waals surface area (Å²) >= 11 is 0. The van der Waals surface area contributed by atoms with Gasteiger partial charge in [-0.15, -0.1) is 0 Å². The zero-order valence-electron chi connectivity index (χ0n) is 12.5. The van der Waals surface area contributed by atoms with E-state index in [2.05, 4.69) is 10.4 Å². The number of halogens is 3. The van der Waals surface area contributed by atoms with Gasteiger partial charge in [0.25, 0.3) is 5.91 Å². The number of amides is 1. The quantitative estimate of drug-likeness (QED) is 0.878. The van der Waals surface area contributed by atoms with Crippen molar-refractivity contribution in [2.24, 2.45) is 7.05 Å². The number of aromatic nitrogens is 2. The van der Waals surface area contributed by atoms with Gasteiger partial charge in [0.05, 0.1) is 16.2 Å². The zero-order valence-corrected chi connectivity index (χ0v) is 13.4. The first-order chi connectivity index (χ1) is 11.1. The van der Waals surface area contributed by atoms with Crippen molar-refractivity contribution < 1.29 is 26.4 Å². The Morgan fingerprint density at radius 1 is 1.25 bits per heavy atom. The minimum absolute atomic E-state index is 0.0802. The SMILES string of the molecule is Cn1cc(C(=O)NCCS(=O)(=O)c2ccccc2)c(C(F)(F)F)n1. The van der Waals surface area contributed by atoms with Crippen LogP contribution in [-0.4, -0.2) is 36.4 Å². The number of sulfone groups is 1. The molecule has 1 amide bonds. The number of nitrogens with zero attached hydrogens (tertiary/aromatic N) is 2. The van der Waals surface area contributed by atoms with E-state index >= 15 is 0 Å². The van der Waals surface area contributed by atoms with Crippen LogP contribution in [-0.2, 0) is 23.1 Å². The maximum absolute atomic E-state index is 12.8. The number of carbonyl (C=O) groups is 1. The van der Waals surface area contributed by atoms with Crippen LogP contribution in [0.4, 0.5) is 13.2 Å². The van der Waals surface area contributed by atoms with E-state index in [0.717, 1.165) is 10.9 Å². The summed E-state index contributed by atoms with van der Waals surface area (Å²) in [6.45, 7) is -0.317. The Morgan fingerprint density at radius 3 is 2.46 bits per heavy atom. The number of hydrogen-bond donors (Lipinski definition) is 1. The molecule has 0 fully saturated rings. The molecule has 10 heteroatoms. The molecule has 0 bridgehead atoms. The van der Waals surface area contributed by atoms with E-state index in [9.17, 15) is 26.4 Å². The second-order valence-corrected chi connectivity index (χ2v) is 7.06. The normalized spacial score (nSPS) is 12.2. The Bertz CT molecular complexity index is 830. The molecule has 0 atom stereocenters. The van der Waals surface area contributed by atoms with Crippen LogP contribution < -0.4 is 5.32 Å². The Hall–Kier alpha value is -2.36. The van der Waals surface area contributed by atoms with Crippen LogP contribution in [0.5, 0.6) is 0 Å². The largest absolute Gasteiger partial charge is 0.435 e. The Kier molecular flexibility index (Phi) is 4.97. The monoisotopic (exact) mass is 361 g/mol. The molecule has 2 rings (SSSR count). The molecular weight excluding hydrogens is 347 g/mol. The summed E-state index contributed by atoms with van der Waals surface area (Å²) in [4.78, 5) is 12.0. The van der Waals surface area contributed by atoms with Gasteiger partial charge in [0, 0.05) is 19.8 Å². The molecule has 0 aliphatic heterocycles. The Morgan fingerprint density at radius 2 is 1.88 bits per heavy atom. The van der Waals surface area contributed by atoms with E-state index in [1.807, 2.05) is 0 Å². The molecule has 1 heterocycles. The maximum atomic E-state index is 12.8. The van der Waals surface area contributed by atoms with Gasteiger partial charge in [0.1, 0.15) is 0 Å². The van der Waals surface area contributed by atoms with Crippen molar-refractivity contribution in [3.05, 3.63) is 47.8 Å². The lowest BCUT2D eigenvalue weighted by Crippen LogP contribution is -2.30. The number of carbonyl (C=O) groups excluding carboxylic acids is 1. The summed E-state index contributed by atoms with van der Waals surface area (Å²) in [5, 5.41) is 5.40. The van der Waals surface area contributed by atoms with Crippen LogP contribution in [0.1, 0.15) is 16.1 Å². The van der Waals surface area contributed by atoms with Gasteiger partial charge in [-0.1, -0.05) is 18.2 Å². The van der Waals surface area contributed by atoms with Gasteiger partial charge in [-0.2, -0.15) is 18.3 Å². The highest BCUT2D eigenvalue weighted by Crippen LogP contribution is 2.30. The first kappa shape index (κ1) is 18.0. The highest BCUT2D eigenvalue weighted by Gasteiger charge is 2.38. The summed E-state index contributed by atoms with van der Waals surface area (Å²) in [6, 6.07) is 7.56. The van der Waals surface area contributed by atoms with Gasteiger partial charge in [-0.3, -0.25) is 9.48 Å². The van der Waals surface area contributed by atoms with Crippen molar-refractivity contribution in [2.45, 2.75) is 11.1 Å². The molecule has 6 nitrogen and oxygen atoms in total. The number of rotatable bonds is 5. The van der Waals surface area contributed by atoms with Gasteiger partial charge in [0.2, 0.25) is 0 Å². The molecular formula is C14H14F3N3O3S. The molecule has 0 spiro atoms. The zero-order chi connectivity index (χ0) is 18.0. The average molecular weight is 361 g/mol. The van der Waals surface area contributed by atoms with Crippen molar-refractivity contribution in [1.29, 1.82) is 0 Å². The van der Waals surface area contributed by atoms with Crippen LogP contribution in [0.15, 0.2) is 41.4 Å². The molecule has 0 saturated heterocycles. The number of nitrogens with one attached hydrogen (secondary N) is 1. The maximum Gasteiger partial charge on any atom is 0.435 e. The van der Waals surface area contributed by atoms with E-state index in [1.165, 1.54) is 19.2 Å². The van der Waals surface area contributed by atoms with E-state index in [-0.39, 0.29) is 11.4 Å². The van der Waals surface area contributed by atoms with E-state index < -0.39 is 38.9 Å². The van der Waals surface area contributed by atoms with Gasteiger partial charge in [0.15, 0.2) is 15.5 Å². The molecule has 0 saturated carbocycles. The standard InChI is InChI=1S/C14H14F3N3O3S/c1-20-9-11(12(19-20)14(15,16)17)13(21)18-7-8-24(22,23)10-5-3-2-4-6-10/h2-6,9H,7-8H2,1H3,(H,18,21). The van der Waals surface area contributed by atoms with Crippen molar-refractivity contribution in [2.75, 3.05) is 12.3 Å². The smallest absolute Gasteiger partial charge is 0.351 e. The molecule has 0 radical (unpaired) electrons. The van der Waals surface area contributed by atoms with E-state index in [4.69, 9.17) is 0 Å². The molecule has 1 N–H and O–H groups in total. The molecule has 0 unspecified atom stereocenters. The minimum Gasteiger partial charge on any atom is -0.351 e. The molecule has 1 aromatic carbocycles. The van der Waals surface area contributed by atoms with Crippen LogP contribution in [0.2, 0.25) is 0 Å². The minimum atomic E-state index is -4.77. The van der Waals surface area contributed by atoms with E-state index in [1.54, 1.807) is 18.2 Å². The average Bonchev–Trinajstić information content (AvgIpc) is 2.90. The fourth-order valence-electron chi connectivity index (χ4n) is 2.00. The molecule has 130 valence electrons. The fourth-order valence-corrected chi connectivity index (χ4v) is 3.18. The highest BCUT2D eigenvalue weighted by molar-refractivity contribution is 7.91. The number of hydrogen-bond acceptors (Lipinski definition) is 4. The third kappa shape index (κ3) is 4.13. The predicted octanol–water partition coefficient (Wildman–Crippen LogP) is 1.64. The van der Waals surface area contributed by atoms with Crippen molar-refractivity contribution in [3.8, 4) is 0 Å². The first-order valence-corrected chi connectivity index (χ1v) is 8.43. The lowest BCUT2D eigenvalue weighted by molar-refractivity contribution is -0.141. The lowest BCUT2D eigenvalue weighted by Gasteiger charge is -2.08. The first-order valence-electron chi connectivity index (χ1n) is 6.78. The molecule has 0 aliphatic carbocycles. The number of aryl methyl sites for hydroxylation is 1. The predicted molar refractivity (Wildman–Crippen MR) is 79.0 cm³/mol. The van der Waals surface area contributed by atoms with Crippen molar-refractivity contribution in [1.82, 2.24) is 15.1 Å². The van der Waals surface area contributed by atoms with Crippen molar-refractivity contribution >= 4 is 15.7 Å². The van der Waals surface area contributed by atoms with Crippen molar-refractivity contribution in [3.63, 3.8) is 0 Å². The second kappa shape index (κ2) is 6.63. The fraction of sp³-hybridized carbons (Fsp3) is 0.286. The second-order valence-electron chi connectivity index (χ2n) is 4.95. The lowest BCUT2D eigenvalue weighted by atomic mass is 10.2. The Labute approximate surface area is 136 Å². The molecule has 1 aromatic heterocycles. The number of alkyl halides is 3. The van der Waals surface area contributed by atoms with Crippen LogP contribution in [0.25, 0.3) is 0 Å². The summed E-state index contributed by atoms with van der Waals surface area (Å²) in [7, 11) is -2.37. The summed E-state index contributed by atoms with van der Waals surface area (Å²) in [6.07, 6.45) is -3.84. The van der Waals surface area contributed by atoms with Crippen LogP contribution >= 0.6 is 0 Å². The molecule has 0 aliphatic rings.